The zero-order chi connectivity index (χ0) is 10.6. The Labute approximate surface area is 89.1 Å². The van der Waals surface area contributed by atoms with Crippen molar-refractivity contribution in [2.75, 3.05) is 20.6 Å². The van der Waals surface area contributed by atoms with E-state index in [1.54, 1.807) is 0 Å². The van der Waals surface area contributed by atoms with Crippen molar-refractivity contribution in [2.45, 2.75) is 51.6 Å². The SMILES string of the molecule is CNC1CCC(CN(C)C(C)C)CC1. The van der Waals surface area contributed by atoms with E-state index in [0.29, 0.717) is 6.04 Å². The van der Waals surface area contributed by atoms with E-state index in [-0.39, 0.29) is 0 Å². The Kier molecular flexibility index (Phi) is 4.90. The second-order valence-electron chi connectivity index (χ2n) is 5.04. The molecule has 0 radical (unpaired) electrons. The summed E-state index contributed by atoms with van der Waals surface area (Å²) in [5.41, 5.74) is 0. The minimum atomic E-state index is 0.692. The van der Waals surface area contributed by atoms with Crippen LogP contribution in [0.25, 0.3) is 0 Å². The van der Waals surface area contributed by atoms with Gasteiger partial charge in [-0.2, -0.15) is 0 Å². The molecule has 0 saturated heterocycles. The first kappa shape index (κ1) is 12.0. The molecule has 0 atom stereocenters. The van der Waals surface area contributed by atoms with Crippen LogP contribution in [0.3, 0.4) is 0 Å². The van der Waals surface area contributed by atoms with Gasteiger partial charge < -0.3 is 10.2 Å². The Bertz CT molecular complexity index is 148. The van der Waals surface area contributed by atoms with Crippen molar-refractivity contribution >= 4 is 0 Å². The summed E-state index contributed by atoms with van der Waals surface area (Å²) in [4.78, 5) is 2.48. The lowest BCUT2D eigenvalue weighted by Crippen LogP contribution is -2.36. The third-order valence-electron chi connectivity index (χ3n) is 3.68. The van der Waals surface area contributed by atoms with Crippen molar-refractivity contribution in [1.82, 2.24) is 10.2 Å². The van der Waals surface area contributed by atoms with E-state index in [1.165, 1.54) is 32.2 Å². The Morgan fingerprint density at radius 3 is 2.21 bits per heavy atom. The molecular formula is C12H26N2. The molecule has 1 N–H and O–H groups in total. The van der Waals surface area contributed by atoms with Crippen LogP contribution in [0.15, 0.2) is 0 Å². The quantitative estimate of drug-likeness (QED) is 0.744. The first-order chi connectivity index (χ1) is 6.63. The number of hydrogen-bond acceptors (Lipinski definition) is 2. The molecule has 84 valence electrons. The number of hydrogen-bond donors (Lipinski definition) is 1. The van der Waals surface area contributed by atoms with Gasteiger partial charge in [0.05, 0.1) is 0 Å². The maximum absolute atomic E-state index is 3.39. The standard InChI is InChI=1S/C12H26N2/c1-10(2)14(4)9-11-5-7-12(13-3)8-6-11/h10-13H,5-9H2,1-4H3. The molecule has 1 aliphatic carbocycles. The van der Waals surface area contributed by atoms with Gasteiger partial charge in [-0.05, 0) is 59.5 Å². The summed E-state index contributed by atoms with van der Waals surface area (Å²) in [7, 11) is 4.33. The van der Waals surface area contributed by atoms with Gasteiger partial charge in [-0.1, -0.05) is 0 Å². The van der Waals surface area contributed by atoms with Crippen molar-refractivity contribution in [3.63, 3.8) is 0 Å². The zero-order valence-corrected chi connectivity index (χ0v) is 10.2. The summed E-state index contributed by atoms with van der Waals surface area (Å²) < 4.78 is 0. The molecule has 0 aromatic rings. The molecule has 0 aromatic carbocycles. The lowest BCUT2D eigenvalue weighted by Gasteiger charge is -2.32. The van der Waals surface area contributed by atoms with E-state index in [1.807, 2.05) is 0 Å². The van der Waals surface area contributed by atoms with Crippen molar-refractivity contribution in [3.05, 3.63) is 0 Å². The smallest absolute Gasteiger partial charge is 0.00642 e. The topological polar surface area (TPSA) is 15.3 Å². The van der Waals surface area contributed by atoms with Gasteiger partial charge in [-0.15, -0.1) is 0 Å². The molecule has 1 rings (SSSR count). The van der Waals surface area contributed by atoms with Crippen LogP contribution in [-0.2, 0) is 0 Å². The van der Waals surface area contributed by atoms with Gasteiger partial charge in [0.2, 0.25) is 0 Å². The predicted molar refractivity (Wildman–Crippen MR) is 62.6 cm³/mol. The Balaban J connectivity index is 2.22. The molecule has 0 heterocycles. The number of nitrogens with one attached hydrogen (secondary N) is 1. The fourth-order valence-corrected chi connectivity index (χ4v) is 2.25. The summed E-state index contributed by atoms with van der Waals surface area (Å²) in [6.45, 7) is 5.84. The summed E-state index contributed by atoms with van der Waals surface area (Å²) in [5, 5.41) is 3.39. The molecule has 0 aromatic heterocycles. The molecule has 0 aliphatic heterocycles. The van der Waals surface area contributed by atoms with Gasteiger partial charge in [0.15, 0.2) is 0 Å². The van der Waals surface area contributed by atoms with Gasteiger partial charge in [0.25, 0.3) is 0 Å². The van der Waals surface area contributed by atoms with Gasteiger partial charge in [0, 0.05) is 18.6 Å². The normalized spacial score (nSPS) is 28.7. The van der Waals surface area contributed by atoms with Crippen molar-refractivity contribution in [3.8, 4) is 0 Å². The van der Waals surface area contributed by atoms with E-state index in [9.17, 15) is 0 Å². The van der Waals surface area contributed by atoms with Crippen LogP contribution in [0.4, 0.5) is 0 Å². The second kappa shape index (κ2) is 5.72. The molecule has 0 amide bonds. The fraction of sp³-hybridized carbons (Fsp3) is 1.00. The van der Waals surface area contributed by atoms with Gasteiger partial charge in [-0.3, -0.25) is 0 Å². The van der Waals surface area contributed by atoms with E-state index < -0.39 is 0 Å². The molecule has 1 fully saturated rings. The highest BCUT2D eigenvalue weighted by Crippen LogP contribution is 2.24. The molecular weight excluding hydrogens is 172 g/mol. The zero-order valence-electron chi connectivity index (χ0n) is 10.2. The van der Waals surface area contributed by atoms with Crippen molar-refractivity contribution in [2.24, 2.45) is 5.92 Å². The first-order valence-corrected chi connectivity index (χ1v) is 6.01. The monoisotopic (exact) mass is 198 g/mol. The maximum Gasteiger partial charge on any atom is 0.00642 e. The van der Waals surface area contributed by atoms with Crippen molar-refractivity contribution in [1.29, 1.82) is 0 Å². The minimum absolute atomic E-state index is 0.692. The largest absolute Gasteiger partial charge is 0.317 e. The molecule has 1 saturated carbocycles. The van der Waals surface area contributed by atoms with Gasteiger partial charge in [0.1, 0.15) is 0 Å². The summed E-state index contributed by atoms with van der Waals surface area (Å²) >= 11 is 0. The summed E-state index contributed by atoms with van der Waals surface area (Å²) in [5.74, 6) is 0.937. The van der Waals surface area contributed by atoms with Crippen LogP contribution in [0, 0.1) is 5.92 Å². The molecule has 0 unspecified atom stereocenters. The predicted octanol–water partition coefficient (Wildman–Crippen LogP) is 2.10. The average Bonchev–Trinajstić information content (AvgIpc) is 2.19. The molecule has 0 spiro atoms. The Hall–Kier alpha value is -0.0800. The third kappa shape index (κ3) is 3.58. The minimum Gasteiger partial charge on any atom is -0.317 e. The Morgan fingerprint density at radius 2 is 1.79 bits per heavy atom. The number of rotatable bonds is 4. The van der Waals surface area contributed by atoms with Crippen LogP contribution in [-0.4, -0.2) is 37.6 Å². The highest BCUT2D eigenvalue weighted by molar-refractivity contribution is 4.77. The molecule has 2 heteroatoms. The maximum atomic E-state index is 3.39. The third-order valence-corrected chi connectivity index (χ3v) is 3.68. The van der Waals surface area contributed by atoms with E-state index in [2.05, 4.69) is 38.2 Å². The fourth-order valence-electron chi connectivity index (χ4n) is 2.25. The van der Waals surface area contributed by atoms with Crippen molar-refractivity contribution < 1.29 is 0 Å². The number of nitrogens with zero attached hydrogens (tertiary/aromatic N) is 1. The van der Waals surface area contributed by atoms with E-state index >= 15 is 0 Å². The summed E-state index contributed by atoms with van der Waals surface area (Å²) in [6.07, 6.45) is 5.55. The van der Waals surface area contributed by atoms with Crippen LogP contribution in [0.2, 0.25) is 0 Å². The highest BCUT2D eigenvalue weighted by atomic mass is 15.1. The summed E-state index contributed by atoms with van der Waals surface area (Å²) in [6, 6.07) is 1.48. The molecule has 2 nitrogen and oxygen atoms in total. The van der Waals surface area contributed by atoms with Gasteiger partial charge >= 0.3 is 0 Å². The van der Waals surface area contributed by atoms with Crippen LogP contribution >= 0.6 is 0 Å². The first-order valence-electron chi connectivity index (χ1n) is 6.01. The lowest BCUT2D eigenvalue weighted by molar-refractivity contribution is 0.189. The lowest BCUT2D eigenvalue weighted by atomic mass is 9.85. The molecule has 1 aliphatic rings. The molecule has 0 bridgehead atoms. The van der Waals surface area contributed by atoms with E-state index in [4.69, 9.17) is 0 Å². The van der Waals surface area contributed by atoms with Crippen LogP contribution < -0.4 is 5.32 Å². The molecule has 14 heavy (non-hydrogen) atoms. The average molecular weight is 198 g/mol. The van der Waals surface area contributed by atoms with Gasteiger partial charge in [-0.25, -0.2) is 0 Å². The Morgan fingerprint density at radius 1 is 1.21 bits per heavy atom. The van der Waals surface area contributed by atoms with Crippen LogP contribution in [0.1, 0.15) is 39.5 Å². The second-order valence-corrected chi connectivity index (χ2v) is 5.04. The van der Waals surface area contributed by atoms with E-state index in [0.717, 1.165) is 12.0 Å². The highest BCUT2D eigenvalue weighted by Gasteiger charge is 2.21. The van der Waals surface area contributed by atoms with Crippen LogP contribution in [0.5, 0.6) is 0 Å².